The van der Waals surface area contributed by atoms with E-state index < -0.39 is 15.8 Å². The Morgan fingerprint density at radius 3 is 2.33 bits per heavy atom. The summed E-state index contributed by atoms with van der Waals surface area (Å²) in [5.74, 6) is 0.403. The summed E-state index contributed by atoms with van der Waals surface area (Å²) < 4.78 is 49.7. The number of carbonyl (C=O) groups is 1. The minimum atomic E-state index is -3.68. The van der Waals surface area contributed by atoms with Crippen LogP contribution in [0.3, 0.4) is 0 Å². The Labute approximate surface area is 177 Å². The van der Waals surface area contributed by atoms with Crippen LogP contribution in [0.2, 0.25) is 0 Å². The van der Waals surface area contributed by atoms with Crippen molar-refractivity contribution in [1.29, 1.82) is 0 Å². The SMILES string of the molecule is COc1ccc(CN(C)C(=O)CCCN(c2ccccc2F)S(C)(=O)=O)cc1OC. The monoisotopic (exact) mass is 438 g/mol. The third kappa shape index (κ3) is 6.09. The molecule has 0 aliphatic rings. The quantitative estimate of drug-likeness (QED) is 0.570. The molecule has 2 rings (SSSR count). The first-order chi connectivity index (χ1) is 14.2. The molecule has 0 saturated carbocycles. The maximum Gasteiger partial charge on any atom is 0.232 e. The molecule has 0 heterocycles. The number of nitrogens with zero attached hydrogens (tertiary/aromatic N) is 2. The molecule has 0 bridgehead atoms. The van der Waals surface area contributed by atoms with Crippen LogP contribution >= 0.6 is 0 Å². The molecule has 0 atom stereocenters. The predicted molar refractivity (Wildman–Crippen MR) is 114 cm³/mol. The molecule has 2 aromatic carbocycles. The van der Waals surface area contributed by atoms with Crippen LogP contribution in [0, 0.1) is 5.82 Å². The average Bonchev–Trinajstić information content (AvgIpc) is 2.70. The molecule has 0 aliphatic heterocycles. The topological polar surface area (TPSA) is 76.2 Å². The lowest BCUT2D eigenvalue weighted by Crippen LogP contribution is -2.33. The summed E-state index contributed by atoms with van der Waals surface area (Å²) in [5, 5.41) is 0. The molecule has 2 aromatic rings. The number of hydrogen-bond donors (Lipinski definition) is 0. The summed E-state index contributed by atoms with van der Waals surface area (Å²) in [6.07, 6.45) is 1.41. The number of methoxy groups -OCH3 is 2. The van der Waals surface area contributed by atoms with E-state index in [1.165, 1.54) is 18.2 Å². The van der Waals surface area contributed by atoms with Crippen LogP contribution in [0.1, 0.15) is 18.4 Å². The number of ether oxygens (including phenoxy) is 2. The highest BCUT2D eigenvalue weighted by atomic mass is 32.2. The Kier molecular flexibility index (Phi) is 8.05. The second-order valence-electron chi connectivity index (χ2n) is 6.83. The molecule has 7 nitrogen and oxygen atoms in total. The third-order valence-corrected chi connectivity index (χ3v) is 5.75. The number of rotatable bonds is 10. The van der Waals surface area contributed by atoms with Crippen LogP contribution in [-0.2, 0) is 21.4 Å². The number of sulfonamides is 1. The number of halogens is 1. The highest BCUT2D eigenvalue weighted by molar-refractivity contribution is 7.92. The van der Waals surface area contributed by atoms with Crippen LogP contribution in [0.15, 0.2) is 42.5 Å². The first-order valence-corrected chi connectivity index (χ1v) is 11.2. The van der Waals surface area contributed by atoms with Crippen molar-refractivity contribution < 1.29 is 27.1 Å². The molecule has 164 valence electrons. The normalized spacial score (nSPS) is 11.1. The van der Waals surface area contributed by atoms with Gasteiger partial charge in [0, 0.05) is 26.6 Å². The lowest BCUT2D eigenvalue weighted by Gasteiger charge is -2.23. The Morgan fingerprint density at radius 1 is 1.07 bits per heavy atom. The van der Waals surface area contributed by atoms with E-state index in [1.54, 1.807) is 44.4 Å². The Morgan fingerprint density at radius 2 is 1.73 bits per heavy atom. The van der Waals surface area contributed by atoms with Gasteiger partial charge in [-0.15, -0.1) is 0 Å². The average molecular weight is 439 g/mol. The summed E-state index contributed by atoms with van der Waals surface area (Å²) in [7, 11) is 1.08. The van der Waals surface area contributed by atoms with E-state index in [9.17, 15) is 17.6 Å². The largest absolute Gasteiger partial charge is 0.493 e. The van der Waals surface area contributed by atoms with Crippen molar-refractivity contribution in [2.75, 3.05) is 38.4 Å². The summed E-state index contributed by atoms with van der Waals surface area (Å²) in [5.41, 5.74) is 0.846. The zero-order chi connectivity index (χ0) is 22.3. The van der Waals surface area contributed by atoms with Gasteiger partial charge in [-0.2, -0.15) is 0 Å². The minimum absolute atomic E-state index is 0.00963. The van der Waals surface area contributed by atoms with Gasteiger partial charge in [0.15, 0.2) is 11.5 Å². The van der Waals surface area contributed by atoms with Crippen LogP contribution in [0.4, 0.5) is 10.1 Å². The molecular formula is C21H27FN2O5S. The van der Waals surface area contributed by atoms with Gasteiger partial charge in [-0.1, -0.05) is 18.2 Å². The zero-order valence-corrected chi connectivity index (χ0v) is 18.4. The summed E-state index contributed by atoms with van der Waals surface area (Å²) in [6, 6.07) is 11.1. The van der Waals surface area contributed by atoms with Gasteiger partial charge in [0.2, 0.25) is 15.9 Å². The van der Waals surface area contributed by atoms with E-state index in [4.69, 9.17) is 9.47 Å². The van der Waals surface area contributed by atoms with Gasteiger partial charge in [0.05, 0.1) is 26.2 Å². The van der Waals surface area contributed by atoms with E-state index in [0.29, 0.717) is 18.0 Å². The Bertz CT molecular complexity index is 981. The number of anilines is 1. The van der Waals surface area contributed by atoms with E-state index in [2.05, 4.69) is 0 Å². The molecule has 0 N–H and O–H groups in total. The van der Waals surface area contributed by atoms with E-state index in [-0.39, 0.29) is 31.0 Å². The lowest BCUT2D eigenvalue weighted by molar-refractivity contribution is -0.130. The molecule has 0 aliphatic carbocycles. The fourth-order valence-corrected chi connectivity index (χ4v) is 3.99. The number of hydrogen-bond acceptors (Lipinski definition) is 5. The number of carbonyl (C=O) groups excluding carboxylic acids is 1. The van der Waals surface area contributed by atoms with Crippen LogP contribution in [0.5, 0.6) is 11.5 Å². The molecule has 9 heteroatoms. The van der Waals surface area contributed by atoms with Crippen LogP contribution < -0.4 is 13.8 Å². The van der Waals surface area contributed by atoms with Crippen LogP contribution in [-0.4, -0.2) is 53.3 Å². The Hall–Kier alpha value is -2.81. The molecule has 0 unspecified atom stereocenters. The van der Waals surface area contributed by atoms with E-state index >= 15 is 0 Å². The highest BCUT2D eigenvalue weighted by Crippen LogP contribution is 2.28. The summed E-state index contributed by atoms with van der Waals surface area (Å²) >= 11 is 0. The van der Waals surface area contributed by atoms with Gasteiger partial charge in [-0.25, -0.2) is 12.8 Å². The van der Waals surface area contributed by atoms with Crippen molar-refractivity contribution >= 4 is 21.6 Å². The maximum absolute atomic E-state index is 14.0. The van der Waals surface area contributed by atoms with Crippen molar-refractivity contribution in [1.82, 2.24) is 4.90 Å². The highest BCUT2D eigenvalue weighted by Gasteiger charge is 2.21. The van der Waals surface area contributed by atoms with Gasteiger partial charge < -0.3 is 14.4 Å². The van der Waals surface area contributed by atoms with Crippen LogP contribution in [0.25, 0.3) is 0 Å². The molecule has 0 fully saturated rings. The fraction of sp³-hybridized carbons (Fsp3) is 0.381. The van der Waals surface area contributed by atoms with Crippen molar-refractivity contribution in [3.8, 4) is 11.5 Å². The standard InChI is InChI=1S/C21H27FN2O5S/c1-23(15-16-11-12-19(28-2)20(14-16)29-3)21(25)10-7-13-24(30(4,26)27)18-9-6-5-8-17(18)22/h5-6,8-9,11-12,14H,7,10,13,15H2,1-4H3. The first-order valence-electron chi connectivity index (χ1n) is 9.34. The fourth-order valence-electron chi connectivity index (χ4n) is 3.02. The molecule has 0 aromatic heterocycles. The second-order valence-corrected chi connectivity index (χ2v) is 8.74. The smallest absolute Gasteiger partial charge is 0.232 e. The third-order valence-electron chi connectivity index (χ3n) is 4.57. The summed E-state index contributed by atoms with van der Waals surface area (Å²) in [4.78, 5) is 14.0. The van der Waals surface area contributed by atoms with Crippen molar-refractivity contribution in [3.63, 3.8) is 0 Å². The van der Waals surface area contributed by atoms with Gasteiger partial charge in [0.1, 0.15) is 5.82 Å². The first kappa shape index (κ1) is 23.5. The van der Waals surface area contributed by atoms with Crippen molar-refractivity contribution in [2.24, 2.45) is 0 Å². The van der Waals surface area contributed by atoms with Gasteiger partial charge in [0.25, 0.3) is 0 Å². The molecule has 0 spiro atoms. The van der Waals surface area contributed by atoms with E-state index in [0.717, 1.165) is 16.1 Å². The second kappa shape index (κ2) is 10.3. The van der Waals surface area contributed by atoms with Crippen molar-refractivity contribution in [3.05, 3.63) is 53.8 Å². The van der Waals surface area contributed by atoms with Gasteiger partial charge in [-0.05, 0) is 36.2 Å². The molecule has 0 saturated heterocycles. The molecular weight excluding hydrogens is 411 g/mol. The van der Waals surface area contributed by atoms with Crippen molar-refractivity contribution in [2.45, 2.75) is 19.4 Å². The Balaban J connectivity index is 1.98. The van der Waals surface area contributed by atoms with E-state index in [1.807, 2.05) is 6.07 Å². The van der Waals surface area contributed by atoms with Gasteiger partial charge in [-0.3, -0.25) is 9.10 Å². The maximum atomic E-state index is 14.0. The lowest BCUT2D eigenvalue weighted by atomic mass is 10.1. The minimum Gasteiger partial charge on any atom is -0.493 e. The number of benzene rings is 2. The van der Waals surface area contributed by atoms with Gasteiger partial charge >= 0.3 is 0 Å². The molecule has 30 heavy (non-hydrogen) atoms. The molecule has 1 amide bonds. The molecule has 0 radical (unpaired) electrons. The number of amides is 1. The summed E-state index contributed by atoms with van der Waals surface area (Å²) in [6.45, 7) is 0.373. The zero-order valence-electron chi connectivity index (χ0n) is 17.6. The predicted octanol–water partition coefficient (Wildman–Crippen LogP) is 3.05. The number of para-hydroxylation sites is 1.